The first-order valence-corrected chi connectivity index (χ1v) is 13.9. The predicted molar refractivity (Wildman–Crippen MR) is 145 cm³/mol. The maximum atomic E-state index is 12.7. The van der Waals surface area contributed by atoms with Crippen LogP contribution in [0, 0.1) is 5.92 Å². The van der Waals surface area contributed by atoms with Gasteiger partial charge in [0.2, 0.25) is 11.8 Å². The van der Waals surface area contributed by atoms with Crippen LogP contribution in [0.2, 0.25) is 0 Å². The van der Waals surface area contributed by atoms with Crippen molar-refractivity contribution in [2.45, 2.75) is 92.8 Å². The van der Waals surface area contributed by atoms with Crippen LogP contribution in [-0.2, 0) is 23.8 Å². The summed E-state index contributed by atoms with van der Waals surface area (Å²) in [6.07, 6.45) is -5.37. The second-order valence-electron chi connectivity index (χ2n) is 11.1. The van der Waals surface area contributed by atoms with E-state index in [1.54, 1.807) is 13.1 Å². The Balaban J connectivity index is 1.93. The molecule has 0 aromatic rings. The molecule has 1 saturated carbocycles. The highest BCUT2D eigenvalue weighted by molar-refractivity contribution is 5.80. The Morgan fingerprint density at radius 1 is 1.20 bits per heavy atom. The van der Waals surface area contributed by atoms with Gasteiger partial charge in [0, 0.05) is 12.0 Å². The maximum Gasteiger partial charge on any atom is 0.249 e. The summed E-state index contributed by atoms with van der Waals surface area (Å²) in [5.74, 6) is -1.55. The highest BCUT2D eigenvalue weighted by atomic mass is 16.7. The number of nitrogens with one attached hydrogen (secondary N) is 3. The van der Waals surface area contributed by atoms with Gasteiger partial charge in [-0.1, -0.05) is 0 Å². The highest BCUT2D eigenvalue weighted by Crippen LogP contribution is 2.37. The van der Waals surface area contributed by atoms with Gasteiger partial charge in [-0.25, -0.2) is 0 Å². The summed E-state index contributed by atoms with van der Waals surface area (Å²) in [5.41, 5.74) is 21.9. The van der Waals surface area contributed by atoms with E-state index < -0.39 is 84.3 Å². The minimum absolute atomic E-state index is 0.0112. The summed E-state index contributed by atoms with van der Waals surface area (Å²) in [6, 6.07) is -3.14. The molecule has 16 heteroatoms. The highest BCUT2D eigenvalue weighted by Gasteiger charge is 2.54. The fourth-order valence-electron chi connectivity index (χ4n) is 5.92. The fourth-order valence-corrected chi connectivity index (χ4v) is 5.92. The van der Waals surface area contributed by atoms with Crippen LogP contribution < -0.4 is 38.9 Å². The number of likely N-dealkylation sites (N-methyl/N-ethyl adjacent to an activating group) is 1. The van der Waals surface area contributed by atoms with E-state index in [4.69, 9.17) is 37.1 Å². The number of hydrogen-bond acceptors (Lipinski definition) is 14. The Kier molecular flexibility index (Phi) is 11.8. The van der Waals surface area contributed by atoms with E-state index in [1.807, 2.05) is 0 Å². The number of ether oxygens (including phenoxy) is 3. The molecular weight excluding hydrogens is 542 g/mol. The van der Waals surface area contributed by atoms with Crippen LogP contribution in [0.15, 0.2) is 11.8 Å². The quantitative estimate of drug-likeness (QED) is 0.107. The molecule has 1 saturated heterocycles. The predicted octanol–water partition coefficient (Wildman–Crippen LogP) is -5.59. The van der Waals surface area contributed by atoms with Crippen LogP contribution >= 0.6 is 0 Å². The second kappa shape index (κ2) is 14.5. The summed E-state index contributed by atoms with van der Waals surface area (Å²) in [7, 11) is 1.57. The van der Waals surface area contributed by atoms with Crippen LogP contribution in [0.1, 0.15) is 26.2 Å². The molecule has 12 atom stereocenters. The van der Waals surface area contributed by atoms with Crippen molar-refractivity contribution in [3.05, 3.63) is 11.8 Å². The zero-order valence-corrected chi connectivity index (χ0v) is 23.5. The lowest BCUT2D eigenvalue weighted by Gasteiger charge is -2.50. The van der Waals surface area contributed by atoms with E-state index in [0.29, 0.717) is 12.2 Å². The monoisotopic (exact) mass is 589 g/mol. The smallest absolute Gasteiger partial charge is 0.249 e. The van der Waals surface area contributed by atoms with E-state index in [-0.39, 0.29) is 39.1 Å². The first-order valence-electron chi connectivity index (χ1n) is 13.9. The first kappa shape index (κ1) is 33.5. The number of carbonyl (C=O) groups excluding carboxylic acids is 2. The molecule has 2 fully saturated rings. The number of aliphatic hydroxyl groups excluding tert-OH is 3. The molecule has 2 aliphatic heterocycles. The first-order chi connectivity index (χ1) is 19.4. The van der Waals surface area contributed by atoms with Crippen LogP contribution in [0.3, 0.4) is 0 Å². The number of nitrogens with two attached hydrogens (primary N) is 4. The summed E-state index contributed by atoms with van der Waals surface area (Å²) in [4.78, 5) is 24.9. The van der Waals surface area contributed by atoms with Gasteiger partial charge in [0.25, 0.3) is 0 Å². The maximum absolute atomic E-state index is 12.7. The molecule has 1 aliphatic carbocycles. The van der Waals surface area contributed by atoms with Crippen LogP contribution in [0.4, 0.5) is 0 Å². The van der Waals surface area contributed by atoms with Crippen molar-refractivity contribution in [1.82, 2.24) is 16.0 Å². The third kappa shape index (κ3) is 7.71. The normalized spacial score (nSPS) is 40.2. The Hall–Kier alpha value is -1.96. The molecule has 16 nitrogen and oxygen atoms in total. The summed E-state index contributed by atoms with van der Waals surface area (Å²) in [6.45, 7) is 1.20. The third-order valence-corrected chi connectivity index (χ3v) is 8.05. The van der Waals surface area contributed by atoms with Crippen molar-refractivity contribution in [2.75, 3.05) is 33.3 Å². The van der Waals surface area contributed by atoms with E-state index >= 15 is 0 Å². The van der Waals surface area contributed by atoms with Crippen molar-refractivity contribution in [1.29, 1.82) is 0 Å². The lowest BCUT2D eigenvalue weighted by atomic mass is 9.72. The summed E-state index contributed by atoms with van der Waals surface area (Å²) in [5, 5.41) is 51.9. The molecule has 15 N–H and O–H groups in total. The Bertz CT molecular complexity index is 926. The second-order valence-corrected chi connectivity index (χ2v) is 11.1. The van der Waals surface area contributed by atoms with Gasteiger partial charge < -0.3 is 73.5 Å². The molecule has 0 aromatic carbocycles. The SMILES string of the molecule is CN[C@@H]1[C@@H](O)[C@@H](O[C@H]2[C@H](NC(=O)[C@@H](O)CCN)C[C@H](N)C([C@H]3OC(CN)=CC[C@H]3NC(=O)CN)[C@@H]2O)OC[C@]1(C)O. The molecule has 0 bridgehead atoms. The Labute approximate surface area is 239 Å². The lowest BCUT2D eigenvalue weighted by molar-refractivity contribution is -0.297. The van der Waals surface area contributed by atoms with E-state index in [0.717, 1.165) is 0 Å². The molecule has 3 aliphatic rings. The molecule has 236 valence electrons. The molecular formula is C25H47N7O9. The van der Waals surface area contributed by atoms with Gasteiger partial charge in [-0.15, -0.1) is 0 Å². The van der Waals surface area contributed by atoms with E-state index in [2.05, 4.69) is 16.0 Å². The Morgan fingerprint density at radius 2 is 1.90 bits per heavy atom. The van der Waals surface area contributed by atoms with Gasteiger partial charge in [0.05, 0.1) is 43.9 Å². The van der Waals surface area contributed by atoms with Crippen molar-refractivity contribution in [3.8, 4) is 0 Å². The summed E-state index contributed by atoms with van der Waals surface area (Å²) >= 11 is 0. The molecule has 0 aromatic heterocycles. The third-order valence-electron chi connectivity index (χ3n) is 8.05. The minimum atomic E-state index is -1.42. The molecule has 2 heterocycles. The average molecular weight is 590 g/mol. The zero-order chi connectivity index (χ0) is 30.5. The van der Waals surface area contributed by atoms with Gasteiger partial charge in [0.1, 0.15) is 35.8 Å². The van der Waals surface area contributed by atoms with Gasteiger partial charge in [-0.05, 0) is 45.9 Å². The average Bonchev–Trinajstić information content (AvgIpc) is 2.92. The summed E-state index contributed by atoms with van der Waals surface area (Å²) < 4.78 is 17.9. The minimum Gasteiger partial charge on any atom is -0.491 e. The molecule has 3 rings (SSSR count). The largest absolute Gasteiger partial charge is 0.491 e. The van der Waals surface area contributed by atoms with Crippen molar-refractivity contribution in [3.63, 3.8) is 0 Å². The van der Waals surface area contributed by atoms with Crippen molar-refractivity contribution >= 4 is 11.8 Å². The standard InChI is InChI=1S/C25H47N7O9/c1-25(38)10-39-24(19(36)22(25)30-2)41-21-14(32-23(37)15(33)5-6-26)7-12(29)17(18(21)35)20-13(31-16(34)9-28)4-3-11(8-27)40-20/h3,12-15,17-22,24,30,33,35-36,38H,4-10,26-29H2,1-2H3,(H,31,34)(H,32,37)/t12-,13+,14+,15-,17?,18-,19+,20-,21-,22+,24+,25-/m0/s1. The number of hydrogen-bond donors (Lipinski definition) is 11. The number of carbonyl (C=O) groups is 2. The van der Waals surface area contributed by atoms with Gasteiger partial charge in [-0.2, -0.15) is 0 Å². The van der Waals surface area contributed by atoms with Gasteiger partial charge in [0.15, 0.2) is 6.29 Å². The van der Waals surface area contributed by atoms with Gasteiger partial charge >= 0.3 is 0 Å². The van der Waals surface area contributed by atoms with E-state index in [9.17, 15) is 30.0 Å². The fraction of sp³-hybridized carbons (Fsp3) is 0.840. The Morgan fingerprint density at radius 3 is 2.51 bits per heavy atom. The lowest BCUT2D eigenvalue weighted by Crippen LogP contribution is -2.70. The van der Waals surface area contributed by atoms with Crippen LogP contribution in [0.5, 0.6) is 0 Å². The topological polar surface area (TPSA) is 283 Å². The van der Waals surface area contributed by atoms with Crippen molar-refractivity contribution < 1.29 is 44.2 Å². The van der Waals surface area contributed by atoms with Gasteiger partial charge in [-0.3, -0.25) is 9.59 Å². The van der Waals surface area contributed by atoms with Crippen LogP contribution in [-0.4, -0.2) is 132 Å². The molecule has 0 spiro atoms. The molecule has 2 amide bonds. The molecule has 0 radical (unpaired) electrons. The number of amides is 2. The number of aliphatic hydroxyl groups is 4. The molecule has 41 heavy (non-hydrogen) atoms. The van der Waals surface area contributed by atoms with Crippen molar-refractivity contribution in [2.24, 2.45) is 28.9 Å². The number of rotatable bonds is 11. The zero-order valence-electron chi connectivity index (χ0n) is 23.5. The van der Waals surface area contributed by atoms with Crippen LogP contribution in [0.25, 0.3) is 0 Å². The van der Waals surface area contributed by atoms with E-state index in [1.165, 1.54) is 6.92 Å². The molecule has 1 unspecified atom stereocenters.